The molecule has 6 nitrogen and oxygen atoms in total. The summed E-state index contributed by atoms with van der Waals surface area (Å²) in [5.41, 5.74) is -1.95. The van der Waals surface area contributed by atoms with E-state index in [2.05, 4.69) is 5.16 Å². The number of carbonyl (C=O) groups is 2. The number of hydrogen-bond donors (Lipinski definition) is 1. The van der Waals surface area contributed by atoms with Gasteiger partial charge in [-0.2, -0.15) is 0 Å². The van der Waals surface area contributed by atoms with Gasteiger partial charge in [-0.15, -0.1) is 0 Å². The highest BCUT2D eigenvalue weighted by Crippen LogP contribution is 2.17. The molecule has 0 bridgehead atoms. The molecule has 6 heteroatoms. The van der Waals surface area contributed by atoms with E-state index >= 15 is 0 Å². The predicted octanol–water partition coefficient (Wildman–Crippen LogP) is 1.19. The number of esters is 1. The molecule has 0 aliphatic carbocycles. The molecule has 0 unspecified atom stereocenters. The van der Waals surface area contributed by atoms with E-state index in [1.54, 1.807) is 20.8 Å². The first-order chi connectivity index (χ1) is 7.04. The molecule has 0 aromatic carbocycles. The number of carboxylic acids is 1. The van der Waals surface area contributed by atoms with Crippen molar-refractivity contribution in [3.05, 3.63) is 0 Å². The van der Waals surface area contributed by atoms with Crippen LogP contribution < -0.4 is 0 Å². The zero-order valence-corrected chi connectivity index (χ0v) is 10.1. The van der Waals surface area contributed by atoms with Gasteiger partial charge in [-0.05, 0) is 34.6 Å². The lowest BCUT2D eigenvalue weighted by Crippen LogP contribution is -2.39. The standard InChI is InChI=1S/C10H17NO5/c1-9(2,3)15-8(14)10(4,5)16-11-6-7(12)13/h6H,1-5H3,(H,12,13). The quantitative estimate of drug-likeness (QED) is 0.446. The van der Waals surface area contributed by atoms with Crippen molar-refractivity contribution in [2.45, 2.75) is 45.8 Å². The third-order valence-corrected chi connectivity index (χ3v) is 1.33. The Kier molecular flexibility index (Phi) is 4.47. The molecule has 16 heavy (non-hydrogen) atoms. The Hall–Kier alpha value is -1.59. The monoisotopic (exact) mass is 231 g/mol. The molecule has 0 heterocycles. The molecule has 0 aliphatic heterocycles. The van der Waals surface area contributed by atoms with Crippen molar-refractivity contribution in [2.24, 2.45) is 5.16 Å². The van der Waals surface area contributed by atoms with Crippen LogP contribution in [0.3, 0.4) is 0 Å². The van der Waals surface area contributed by atoms with Gasteiger partial charge in [0.25, 0.3) is 0 Å². The maximum absolute atomic E-state index is 11.6. The van der Waals surface area contributed by atoms with Crippen LogP contribution in [0.15, 0.2) is 5.16 Å². The summed E-state index contributed by atoms with van der Waals surface area (Å²) in [6, 6.07) is 0. The van der Waals surface area contributed by atoms with Gasteiger partial charge in [0, 0.05) is 0 Å². The second-order valence-corrected chi connectivity index (χ2v) is 4.68. The zero-order chi connectivity index (χ0) is 13.0. The summed E-state index contributed by atoms with van der Waals surface area (Å²) in [6.07, 6.45) is 0.562. The average Bonchev–Trinajstić information content (AvgIpc) is 1.99. The number of oxime groups is 1. The fraction of sp³-hybridized carbons (Fsp3) is 0.700. The van der Waals surface area contributed by atoms with E-state index in [1.165, 1.54) is 13.8 Å². The maximum Gasteiger partial charge on any atom is 0.353 e. The number of aliphatic carboxylic acids is 1. The van der Waals surface area contributed by atoms with E-state index < -0.39 is 23.1 Å². The molecule has 0 aromatic heterocycles. The molecule has 0 fully saturated rings. The summed E-state index contributed by atoms with van der Waals surface area (Å²) in [6.45, 7) is 8.06. The Labute approximate surface area is 94.2 Å². The third kappa shape index (κ3) is 6.00. The lowest BCUT2D eigenvalue weighted by atomic mass is 10.1. The average molecular weight is 231 g/mol. The number of ether oxygens (including phenoxy) is 1. The van der Waals surface area contributed by atoms with Crippen molar-refractivity contribution in [1.82, 2.24) is 0 Å². The fourth-order valence-electron chi connectivity index (χ4n) is 0.641. The largest absolute Gasteiger partial charge is 0.477 e. The number of carbonyl (C=O) groups excluding carboxylic acids is 1. The minimum Gasteiger partial charge on any atom is -0.477 e. The zero-order valence-electron chi connectivity index (χ0n) is 10.1. The van der Waals surface area contributed by atoms with Crippen LogP contribution in [0.2, 0.25) is 0 Å². The van der Waals surface area contributed by atoms with Gasteiger partial charge in [0.1, 0.15) is 5.60 Å². The van der Waals surface area contributed by atoms with Crippen molar-refractivity contribution in [1.29, 1.82) is 0 Å². The van der Waals surface area contributed by atoms with Gasteiger partial charge in [0.05, 0.1) is 0 Å². The summed E-state index contributed by atoms with van der Waals surface area (Å²) >= 11 is 0. The minimum absolute atomic E-state index is 0.562. The van der Waals surface area contributed by atoms with Crippen LogP contribution in [0, 0.1) is 0 Å². The van der Waals surface area contributed by atoms with Gasteiger partial charge in [-0.25, -0.2) is 9.59 Å². The smallest absolute Gasteiger partial charge is 0.353 e. The van der Waals surface area contributed by atoms with Crippen LogP contribution in [-0.4, -0.2) is 34.5 Å². The van der Waals surface area contributed by atoms with E-state index in [0.29, 0.717) is 6.21 Å². The van der Waals surface area contributed by atoms with E-state index in [0.717, 1.165) is 0 Å². The first-order valence-electron chi connectivity index (χ1n) is 4.72. The fourth-order valence-corrected chi connectivity index (χ4v) is 0.641. The van der Waals surface area contributed by atoms with Gasteiger partial charge in [0.2, 0.25) is 5.60 Å². The van der Waals surface area contributed by atoms with E-state index in [1.807, 2.05) is 0 Å². The number of hydrogen-bond acceptors (Lipinski definition) is 5. The molecular formula is C10H17NO5. The van der Waals surface area contributed by atoms with Crippen LogP contribution in [0.25, 0.3) is 0 Å². The molecule has 0 atom stereocenters. The molecule has 0 spiro atoms. The summed E-state index contributed by atoms with van der Waals surface area (Å²) in [4.78, 5) is 26.5. The predicted molar refractivity (Wildman–Crippen MR) is 57.1 cm³/mol. The van der Waals surface area contributed by atoms with Gasteiger partial charge in [-0.3, -0.25) is 0 Å². The second-order valence-electron chi connectivity index (χ2n) is 4.68. The summed E-state index contributed by atoms with van der Waals surface area (Å²) in [5, 5.41) is 11.5. The van der Waals surface area contributed by atoms with Gasteiger partial charge < -0.3 is 14.7 Å². The SMILES string of the molecule is CC(C)(C)OC(=O)C(C)(C)ON=CC(=O)O. The van der Waals surface area contributed by atoms with Crippen LogP contribution in [0.4, 0.5) is 0 Å². The van der Waals surface area contributed by atoms with Crippen molar-refractivity contribution >= 4 is 18.2 Å². The Balaban J connectivity index is 4.43. The van der Waals surface area contributed by atoms with E-state index in [4.69, 9.17) is 14.7 Å². The number of nitrogens with zero attached hydrogens (tertiary/aromatic N) is 1. The highest BCUT2D eigenvalue weighted by atomic mass is 16.7. The molecule has 0 aliphatic rings. The molecule has 0 rings (SSSR count). The normalized spacial score (nSPS) is 12.6. The topological polar surface area (TPSA) is 85.2 Å². The summed E-state index contributed by atoms with van der Waals surface area (Å²) < 4.78 is 5.07. The minimum atomic E-state index is -1.32. The maximum atomic E-state index is 11.6. The molecule has 1 N–H and O–H groups in total. The van der Waals surface area contributed by atoms with Crippen LogP contribution in [-0.2, 0) is 19.2 Å². The molecule has 0 saturated carbocycles. The Morgan fingerprint density at radius 2 is 1.69 bits per heavy atom. The lowest BCUT2D eigenvalue weighted by molar-refractivity contribution is -0.179. The lowest BCUT2D eigenvalue weighted by Gasteiger charge is -2.26. The third-order valence-electron chi connectivity index (χ3n) is 1.33. The second kappa shape index (κ2) is 4.96. The van der Waals surface area contributed by atoms with Crippen molar-refractivity contribution in [3.63, 3.8) is 0 Å². The summed E-state index contributed by atoms with van der Waals surface area (Å²) in [7, 11) is 0. The van der Waals surface area contributed by atoms with Crippen molar-refractivity contribution in [3.8, 4) is 0 Å². The molecule has 0 aromatic rings. The number of carboxylic acid groups (broad SMARTS) is 1. The summed E-state index contributed by atoms with van der Waals surface area (Å²) in [5.74, 6) is -1.86. The van der Waals surface area contributed by atoms with Crippen LogP contribution in [0.5, 0.6) is 0 Å². The first-order valence-corrected chi connectivity index (χ1v) is 4.72. The van der Waals surface area contributed by atoms with Crippen molar-refractivity contribution in [2.75, 3.05) is 0 Å². The number of rotatable bonds is 4. The Morgan fingerprint density at radius 1 is 1.19 bits per heavy atom. The Bertz CT molecular complexity index is 301. The van der Waals surface area contributed by atoms with E-state index in [-0.39, 0.29) is 0 Å². The molecule has 0 saturated heterocycles. The Morgan fingerprint density at radius 3 is 2.06 bits per heavy atom. The molecule has 0 amide bonds. The van der Waals surface area contributed by atoms with Gasteiger partial charge in [0.15, 0.2) is 6.21 Å². The van der Waals surface area contributed by atoms with E-state index in [9.17, 15) is 9.59 Å². The molecule has 92 valence electrons. The highest BCUT2D eigenvalue weighted by molar-refractivity contribution is 6.21. The molecule has 0 radical (unpaired) electrons. The van der Waals surface area contributed by atoms with Crippen LogP contribution >= 0.6 is 0 Å². The highest BCUT2D eigenvalue weighted by Gasteiger charge is 2.35. The van der Waals surface area contributed by atoms with Gasteiger partial charge in [-0.1, -0.05) is 5.16 Å². The van der Waals surface area contributed by atoms with Crippen molar-refractivity contribution < 1.29 is 24.3 Å². The first kappa shape index (κ1) is 14.4. The van der Waals surface area contributed by atoms with Gasteiger partial charge >= 0.3 is 11.9 Å². The molecular weight excluding hydrogens is 214 g/mol. The van der Waals surface area contributed by atoms with Crippen LogP contribution in [0.1, 0.15) is 34.6 Å².